The Morgan fingerprint density at radius 1 is 0.772 bits per heavy atom. The Balaban J connectivity index is 0.865. The topological polar surface area (TPSA) is 35.5 Å². The lowest BCUT2D eigenvalue weighted by Gasteiger charge is -2.58. The zero-order valence-corrected chi connectivity index (χ0v) is 37.0. The summed E-state index contributed by atoms with van der Waals surface area (Å²) in [5, 5.41) is 0. The smallest absolute Gasteiger partial charge is 0.306 e. The van der Waals surface area contributed by atoms with E-state index in [4.69, 9.17) is 9.47 Å². The van der Waals surface area contributed by atoms with Crippen LogP contribution in [-0.4, -0.2) is 18.7 Å². The van der Waals surface area contributed by atoms with Crippen LogP contribution in [0.2, 0.25) is 0 Å². The second kappa shape index (κ2) is 20.8. The van der Waals surface area contributed by atoms with Gasteiger partial charge in [0.1, 0.15) is 11.9 Å². The molecule has 3 nitrogen and oxygen atoms in total. The second-order valence-electron chi connectivity index (χ2n) is 19.9. The number of rotatable bonds is 19. The van der Waals surface area contributed by atoms with Crippen LogP contribution in [0.1, 0.15) is 187 Å². The third-order valence-electron chi connectivity index (χ3n) is 15.6. The zero-order chi connectivity index (χ0) is 40.3. The molecule has 0 N–H and O–H groups in total. The van der Waals surface area contributed by atoms with E-state index >= 15 is 0 Å². The second-order valence-corrected chi connectivity index (χ2v) is 19.9. The van der Waals surface area contributed by atoms with Crippen LogP contribution < -0.4 is 4.74 Å². The normalized spacial score (nSPS) is 28.3. The van der Waals surface area contributed by atoms with Gasteiger partial charge in [-0.05, 0) is 165 Å². The van der Waals surface area contributed by atoms with Gasteiger partial charge >= 0.3 is 5.97 Å². The minimum absolute atomic E-state index is 0.0165. The van der Waals surface area contributed by atoms with E-state index in [2.05, 4.69) is 83.7 Å². The Bertz CT molecular complexity index is 1640. The fourth-order valence-electron chi connectivity index (χ4n) is 12.2. The molecule has 3 saturated carbocycles. The summed E-state index contributed by atoms with van der Waals surface area (Å²) >= 11 is 0. The summed E-state index contributed by atoms with van der Waals surface area (Å²) in [6, 6.07) is 16.8. The number of benzene rings is 2. The largest absolute Gasteiger partial charge is 0.494 e. The van der Waals surface area contributed by atoms with E-state index in [9.17, 15) is 4.79 Å². The maximum Gasteiger partial charge on any atom is 0.306 e. The van der Waals surface area contributed by atoms with Gasteiger partial charge in [-0.15, -0.1) is 0 Å². The van der Waals surface area contributed by atoms with Crippen molar-refractivity contribution in [1.82, 2.24) is 0 Å². The van der Waals surface area contributed by atoms with Crippen molar-refractivity contribution in [2.75, 3.05) is 6.61 Å². The van der Waals surface area contributed by atoms with Gasteiger partial charge in [0.15, 0.2) is 0 Å². The quantitative estimate of drug-likeness (QED) is 0.0617. The first-order valence-corrected chi connectivity index (χ1v) is 23.8. The molecule has 312 valence electrons. The molecule has 0 aromatic heterocycles. The number of unbranched alkanes of at least 4 members (excludes halogenated alkanes) is 6. The molecule has 0 aliphatic heterocycles. The standard InChI is InChI=1S/C54H78O3/c1-7-8-9-10-12-18-42-20-22-43(23-21-42)24-25-44-26-29-46(30-27-44)56-38-14-11-13-19-52(55)57-47-34-36-53(5)45(39-47)28-31-48-50-33-32-49(41(4)17-15-16-40(2)3)54(50,6)37-35-51(48)53/h20-23,26-30,40-41,47-51H,7-19,31-39H2,1-6H3/t41-,47+,48+,49-,50+,51+,53+,54-/m1/s1. The van der Waals surface area contributed by atoms with Crippen molar-refractivity contribution in [3.8, 4) is 17.6 Å². The molecule has 2 aromatic rings. The maximum absolute atomic E-state index is 13.0. The van der Waals surface area contributed by atoms with E-state index in [1.54, 1.807) is 5.57 Å². The average Bonchev–Trinajstić information content (AvgIpc) is 3.56. The molecule has 4 aliphatic carbocycles. The molecule has 4 aliphatic rings. The molecule has 0 heterocycles. The summed E-state index contributed by atoms with van der Waals surface area (Å²) < 4.78 is 12.1. The van der Waals surface area contributed by atoms with Crippen LogP contribution in [0.25, 0.3) is 0 Å². The average molecular weight is 775 g/mol. The highest BCUT2D eigenvalue weighted by Crippen LogP contribution is 2.67. The molecule has 3 heteroatoms. The number of ether oxygens (including phenoxy) is 2. The van der Waals surface area contributed by atoms with Crippen LogP contribution in [0, 0.1) is 58.2 Å². The predicted octanol–water partition coefficient (Wildman–Crippen LogP) is 14.5. The van der Waals surface area contributed by atoms with Gasteiger partial charge in [0, 0.05) is 24.0 Å². The fraction of sp³-hybridized carbons (Fsp3) is 0.685. The number of allylic oxidation sites excluding steroid dienone is 1. The number of aryl methyl sites for hydroxylation is 1. The highest BCUT2D eigenvalue weighted by molar-refractivity contribution is 5.69. The highest BCUT2D eigenvalue weighted by Gasteiger charge is 2.59. The van der Waals surface area contributed by atoms with Gasteiger partial charge in [0.2, 0.25) is 0 Å². The van der Waals surface area contributed by atoms with Crippen molar-refractivity contribution < 1.29 is 14.3 Å². The molecule has 0 amide bonds. The van der Waals surface area contributed by atoms with Crippen molar-refractivity contribution >= 4 is 5.97 Å². The monoisotopic (exact) mass is 775 g/mol. The first-order valence-electron chi connectivity index (χ1n) is 23.8. The van der Waals surface area contributed by atoms with Crippen LogP contribution in [0.3, 0.4) is 0 Å². The Hall–Kier alpha value is -2.99. The number of carbonyl (C=O) groups excluding carboxylic acids is 1. The van der Waals surface area contributed by atoms with Gasteiger partial charge < -0.3 is 9.47 Å². The van der Waals surface area contributed by atoms with Crippen molar-refractivity contribution in [1.29, 1.82) is 0 Å². The molecule has 57 heavy (non-hydrogen) atoms. The minimum Gasteiger partial charge on any atom is -0.494 e. The summed E-state index contributed by atoms with van der Waals surface area (Å²) in [4.78, 5) is 13.0. The number of esters is 1. The van der Waals surface area contributed by atoms with Gasteiger partial charge in [-0.2, -0.15) is 0 Å². The van der Waals surface area contributed by atoms with Gasteiger partial charge in [-0.25, -0.2) is 0 Å². The molecule has 0 bridgehead atoms. The van der Waals surface area contributed by atoms with Gasteiger partial charge in [0.05, 0.1) is 6.61 Å². The van der Waals surface area contributed by atoms with Crippen LogP contribution in [0.5, 0.6) is 5.75 Å². The molecule has 0 spiro atoms. The number of fused-ring (bicyclic) bond motifs is 5. The molecular formula is C54H78O3. The Morgan fingerprint density at radius 2 is 1.49 bits per heavy atom. The summed E-state index contributed by atoms with van der Waals surface area (Å²) in [6.07, 6.45) is 28.0. The van der Waals surface area contributed by atoms with Crippen molar-refractivity contribution in [3.05, 3.63) is 76.9 Å². The molecule has 8 atom stereocenters. The van der Waals surface area contributed by atoms with Gasteiger partial charge in [-0.1, -0.05) is 122 Å². The van der Waals surface area contributed by atoms with Gasteiger partial charge in [0.25, 0.3) is 0 Å². The molecule has 3 fully saturated rings. The maximum atomic E-state index is 13.0. The Morgan fingerprint density at radius 3 is 2.23 bits per heavy atom. The van der Waals surface area contributed by atoms with E-state index in [1.807, 2.05) is 24.3 Å². The molecular weight excluding hydrogens is 697 g/mol. The van der Waals surface area contributed by atoms with E-state index < -0.39 is 0 Å². The first-order chi connectivity index (χ1) is 27.6. The number of carbonyl (C=O) groups is 1. The predicted molar refractivity (Wildman–Crippen MR) is 238 cm³/mol. The lowest BCUT2D eigenvalue weighted by Crippen LogP contribution is -2.51. The zero-order valence-electron chi connectivity index (χ0n) is 37.0. The van der Waals surface area contributed by atoms with E-state index in [1.165, 1.54) is 95.5 Å². The highest BCUT2D eigenvalue weighted by atomic mass is 16.5. The third-order valence-corrected chi connectivity index (χ3v) is 15.6. The van der Waals surface area contributed by atoms with Crippen LogP contribution in [0.15, 0.2) is 60.2 Å². The van der Waals surface area contributed by atoms with Crippen LogP contribution in [0.4, 0.5) is 0 Å². The SMILES string of the molecule is CCCCCCCc1ccc(C#Cc2ccc(OCCCCCC(=O)O[C@H]3CC[C@@]4(C)C(=CC[C@H]5[C@@H]6CC[C@H]([C@H](C)CCCC(C)C)[C@@]6(C)CC[C@@H]54)C3)cc2)cc1. The molecule has 2 aromatic carbocycles. The van der Waals surface area contributed by atoms with Gasteiger partial charge in [-0.3, -0.25) is 4.79 Å². The molecule has 6 rings (SSSR count). The van der Waals surface area contributed by atoms with Crippen LogP contribution in [-0.2, 0) is 16.0 Å². The first kappa shape index (κ1) is 43.6. The van der Waals surface area contributed by atoms with Crippen molar-refractivity contribution in [3.63, 3.8) is 0 Å². The summed E-state index contributed by atoms with van der Waals surface area (Å²) in [7, 11) is 0. The molecule has 0 unspecified atom stereocenters. The summed E-state index contributed by atoms with van der Waals surface area (Å²) in [6.45, 7) is 15.5. The van der Waals surface area contributed by atoms with Crippen molar-refractivity contribution in [2.45, 2.75) is 182 Å². The van der Waals surface area contributed by atoms with E-state index in [0.717, 1.165) is 90.9 Å². The lowest BCUT2D eigenvalue weighted by atomic mass is 9.47. The molecule has 0 saturated heterocycles. The summed E-state index contributed by atoms with van der Waals surface area (Å²) in [5.41, 5.74) is 5.88. The van der Waals surface area contributed by atoms with E-state index in [0.29, 0.717) is 23.9 Å². The Labute approximate surface area is 348 Å². The number of hydrogen-bond donors (Lipinski definition) is 0. The Kier molecular flexibility index (Phi) is 15.9. The number of hydrogen-bond acceptors (Lipinski definition) is 3. The van der Waals surface area contributed by atoms with Crippen LogP contribution >= 0.6 is 0 Å². The lowest BCUT2D eigenvalue weighted by molar-refractivity contribution is -0.151. The fourth-order valence-corrected chi connectivity index (χ4v) is 12.2. The van der Waals surface area contributed by atoms with Crippen molar-refractivity contribution in [2.24, 2.45) is 46.3 Å². The van der Waals surface area contributed by atoms with E-state index in [-0.39, 0.29) is 12.1 Å². The summed E-state index contributed by atoms with van der Waals surface area (Å²) in [5.74, 6) is 12.6. The molecule has 0 radical (unpaired) electrons. The third kappa shape index (κ3) is 11.4. The minimum atomic E-state index is -0.0165.